The topological polar surface area (TPSA) is 69.5 Å². The molecule has 1 aliphatic rings. The van der Waals surface area contributed by atoms with E-state index in [1.54, 1.807) is 7.11 Å². The molecule has 1 unspecified atom stereocenters. The van der Waals surface area contributed by atoms with E-state index in [0.29, 0.717) is 18.8 Å². The number of carbonyl (C=O) groups is 1. The van der Waals surface area contributed by atoms with Gasteiger partial charge in [-0.25, -0.2) is 0 Å². The summed E-state index contributed by atoms with van der Waals surface area (Å²) in [6, 6.07) is 16.1. The van der Waals surface area contributed by atoms with E-state index in [2.05, 4.69) is 40.7 Å². The van der Waals surface area contributed by atoms with Gasteiger partial charge in [0.2, 0.25) is 5.91 Å². The number of aromatic nitrogens is 3. The van der Waals surface area contributed by atoms with Crippen LogP contribution in [0.3, 0.4) is 0 Å². The van der Waals surface area contributed by atoms with Crippen LogP contribution in [-0.2, 0) is 22.6 Å². The van der Waals surface area contributed by atoms with Crippen LogP contribution < -0.4 is 4.74 Å². The monoisotopic (exact) mass is 480 g/mol. The maximum atomic E-state index is 13.3. The van der Waals surface area contributed by atoms with Gasteiger partial charge in [-0.2, -0.15) is 0 Å². The van der Waals surface area contributed by atoms with Crippen molar-refractivity contribution in [2.45, 2.75) is 51.0 Å². The predicted octanol–water partition coefficient (Wildman–Crippen LogP) is 4.58. The number of carbonyl (C=O) groups excluding carboxylic acids is 1. The fourth-order valence-corrected chi connectivity index (χ4v) is 5.08. The summed E-state index contributed by atoms with van der Waals surface area (Å²) in [6.45, 7) is 6.74. The van der Waals surface area contributed by atoms with Crippen LogP contribution in [0.2, 0.25) is 0 Å². The molecular formula is C26H32N4O3S. The molecule has 1 aromatic heterocycles. The second-order valence-corrected chi connectivity index (χ2v) is 9.41. The minimum atomic E-state index is 0.0612. The van der Waals surface area contributed by atoms with Gasteiger partial charge in [-0.1, -0.05) is 47.7 Å². The first-order valence-corrected chi connectivity index (χ1v) is 12.7. The number of hydrogen-bond donors (Lipinski definition) is 0. The molecule has 2 heterocycles. The van der Waals surface area contributed by atoms with Crippen LogP contribution in [0.15, 0.2) is 53.7 Å². The van der Waals surface area contributed by atoms with Crippen molar-refractivity contribution in [3.63, 3.8) is 0 Å². The minimum absolute atomic E-state index is 0.0612. The van der Waals surface area contributed by atoms with E-state index in [4.69, 9.17) is 9.47 Å². The minimum Gasteiger partial charge on any atom is -0.497 e. The predicted molar refractivity (Wildman–Crippen MR) is 134 cm³/mol. The van der Waals surface area contributed by atoms with Crippen molar-refractivity contribution in [2.24, 2.45) is 0 Å². The SMILES string of the molecule is CCn1c(SCC(=O)N(Cc2cccc(OC)c2)CC2CCCO2)nnc1-c1cccc(C)c1. The van der Waals surface area contributed by atoms with Gasteiger partial charge in [0.05, 0.1) is 19.0 Å². The maximum Gasteiger partial charge on any atom is 0.233 e. The number of methoxy groups -OCH3 is 1. The molecule has 2 aromatic carbocycles. The highest BCUT2D eigenvalue weighted by atomic mass is 32.2. The van der Waals surface area contributed by atoms with E-state index in [-0.39, 0.29) is 12.0 Å². The zero-order valence-corrected chi connectivity index (χ0v) is 20.9. The zero-order valence-electron chi connectivity index (χ0n) is 20.1. The highest BCUT2D eigenvalue weighted by Gasteiger charge is 2.24. The molecule has 0 radical (unpaired) electrons. The number of ether oxygens (including phenoxy) is 2. The Bertz CT molecular complexity index is 1110. The summed E-state index contributed by atoms with van der Waals surface area (Å²) >= 11 is 1.44. The summed E-state index contributed by atoms with van der Waals surface area (Å²) in [7, 11) is 1.65. The van der Waals surface area contributed by atoms with Crippen LogP contribution in [0, 0.1) is 6.92 Å². The Balaban J connectivity index is 1.47. The van der Waals surface area contributed by atoms with Gasteiger partial charge < -0.3 is 18.9 Å². The molecule has 0 aliphatic carbocycles. The smallest absolute Gasteiger partial charge is 0.233 e. The second kappa shape index (κ2) is 11.5. The Morgan fingerprint density at radius 2 is 2.09 bits per heavy atom. The van der Waals surface area contributed by atoms with Gasteiger partial charge in [0.25, 0.3) is 0 Å². The van der Waals surface area contributed by atoms with Gasteiger partial charge in [0.1, 0.15) is 5.75 Å². The third-order valence-electron chi connectivity index (χ3n) is 5.94. The molecule has 180 valence electrons. The fourth-order valence-electron chi connectivity index (χ4n) is 4.18. The Morgan fingerprint density at radius 1 is 1.24 bits per heavy atom. The number of nitrogens with zero attached hydrogens (tertiary/aromatic N) is 4. The Morgan fingerprint density at radius 3 is 2.82 bits per heavy atom. The lowest BCUT2D eigenvalue weighted by Gasteiger charge is -2.25. The number of amides is 1. The lowest BCUT2D eigenvalue weighted by Crippen LogP contribution is -2.38. The summed E-state index contributed by atoms with van der Waals surface area (Å²) in [5.41, 5.74) is 3.24. The number of aryl methyl sites for hydroxylation is 1. The Labute approximate surface area is 205 Å². The van der Waals surface area contributed by atoms with Crippen LogP contribution in [-0.4, -0.2) is 57.7 Å². The zero-order chi connectivity index (χ0) is 23.9. The Kier molecular flexibility index (Phi) is 8.24. The van der Waals surface area contributed by atoms with Gasteiger partial charge in [-0.3, -0.25) is 4.79 Å². The van der Waals surface area contributed by atoms with Gasteiger partial charge in [0, 0.05) is 31.8 Å². The number of benzene rings is 2. The van der Waals surface area contributed by atoms with Crippen LogP contribution in [0.5, 0.6) is 5.75 Å². The average Bonchev–Trinajstić information content (AvgIpc) is 3.51. The van der Waals surface area contributed by atoms with E-state index in [9.17, 15) is 4.79 Å². The number of rotatable bonds is 10. The molecule has 1 aliphatic heterocycles. The van der Waals surface area contributed by atoms with Crippen molar-refractivity contribution in [3.8, 4) is 17.1 Å². The molecule has 1 amide bonds. The van der Waals surface area contributed by atoms with Gasteiger partial charge in [-0.15, -0.1) is 10.2 Å². The highest BCUT2D eigenvalue weighted by Crippen LogP contribution is 2.25. The third kappa shape index (κ3) is 5.98. The molecule has 0 N–H and O–H groups in total. The standard InChI is InChI=1S/C26H32N4O3S/c1-4-30-25(21-10-5-8-19(2)14-21)27-28-26(30)34-18-24(31)29(17-23-12-7-13-33-23)16-20-9-6-11-22(15-20)32-3/h5-6,8-11,14-15,23H,4,7,12-13,16-18H2,1-3H3. The van der Waals surface area contributed by atoms with Crippen LogP contribution in [0.25, 0.3) is 11.4 Å². The Hall–Kier alpha value is -2.84. The normalized spacial score (nSPS) is 15.4. The lowest BCUT2D eigenvalue weighted by atomic mass is 10.1. The van der Waals surface area contributed by atoms with Crippen molar-refractivity contribution in [2.75, 3.05) is 26.0 Å². The molecule has 8 heteroatoms. The first-order valence-electron chi connectivity index (χ1n) is 11.7. The molecule has 1 saturated heterocycles. The van der Waals surface area contributed by atoms with Gasteiger partial charge in [0.15, 0.2) is 11.0 Å². The number of thioether (sulfide) groups is 1. The highest BCUT2D eigenvalue weighted by molar-refractivity contribution is 7.99. The molecule has 0 saturated carbocycles. The van der Waals surface area contributed by atoms with Crippen LogP contribution in [0.4, 0.5) is 0 Å². The van der Waals surface area contributed by atoms with Crippen molar-refractivity contribution in [1.82, 2.24) is 19.7 Å². The van der Waals surface area contributed by atoms with E-state index >= 15 is 0 Å². The summed E-state index contributed by atoms with van der Waals surface area (Å²) in [5.74, 6) is 1.97. The molecular weight excluding hydrogens is 448 g/mol. The van der Waals surface area contributed by atoms with E-state index < -0.39 is 0 Å². The molecule has 4 rings (SSSR count). The van der Waals surface area contributed by atoms with Gasteiger partial charge in [-0.05, 0) is 50.5 Å². The summed E-state index contributed by atoms with van der Waals surface area (Å²) in [5, 5.41) is 9.58. The molecule has 0 spiro atoms. The van der Waals surface area contributed by atoms with Crippen molar-refractivity contribution >= 4 is 17.7 Å². The third-order valence-corrected chi connectivity index (χ3v) is 6.89. The van der Waals surface area contributed by atoms with Crippen LogP contribution in [0.1, 0.15) is 30.9 Å². The number of hydrogen-bond acceptors (Lipinski definition) is 6. The summed E-state index contributed by atoms with van der Waals surface area (Å²) in [4.78, 5) is 15.2. The first kappa shape index (κ1) is 24.3. The maximum absolute atomic E-state index is 13.3. The van der Waals surface area contributed by atoms with Gasteiger partial charge >= 0.3 is 0 Å². The summed E-state index contributed by atoms with van der Waals surface area (Å²) in [6.07, 6.45) is 2.12. The largest absolute Gasteiger partial charge is 0.497 e. The van der Waals surface area contributed by atoms with Crippen LogP contribution >= 0.6 is 11.8 Å². The van der Waals surface area contributed by atoms with Crippen molar-refractivity contribution in [3.05, 3.63) is 59.7 Å². The molecule has 34 heavy (non-hydrogen) atoms. The van der Waals surface area contributed by atoms with Crippen molar-refractivity contribution in [1.29, 1.82) is 0 Å². The molecule has 3 aromatic rings. The van der Waals surface area contributed by atoms with E-state index in [1.807, 2.05) is 41.3 Å². The molecule has 7 nitrogen and oxygen atoms in total. The fraction of sp³-hybridized carbons (Fsp3) is 0.423. The summed E-state index contributed by atoms with van der Waals surface area (Å²) < 4.78 is 13.3. The molecule has 1 atom stereocenters. The second-order valence-electron chi connectivity index (χ2n) is 8.47. The quantitative estimate of drug-likeness (QED) is 0.396. The molecule has 0 bridgehead atoms. The van der Waals surface area contributed by atoms with E-state index in [0.717, 1.165) is 53.9 Å². The first-order chi connectivity index (χ1) is 16.6. The van der Waals surface area contributed by atoms with Crippen molar-refractivity contribution < 1.29 is 14.3 Å². The molecule has 1 fully saturated rings. The lowest BCUT2D eigenvalue weighted by molar-refractivity contribution is -0.130. The average molecular weight is 481 g/mol. The van der Waals surface area contributed by atoms with E-state index in [1.165, 1.54) is 17.3 Å².